The van der Waals surface area contributed by atoms with Crippen molar-refractivity contribution in [2.24, 2.45) is 0 Å². The summed E-state index contributed by atoms with van der Waals surface area (Å²) in [5, 5.41) is 3.92. The van der Waals surface area contributed by atoms with Crippen molar-refractivity contribution >= 4 is 29.2 Å². The van der Waals surface area contributed by atoms with Gasteiger partial charge in [-0.15, -0.1) is 0 Å². The Hall–Kier alpha value is -1.04. The Bertz CT molecular complexity index is 511. The van der Waals surface area contributed by atoms with Gasteiger partial charge in [0.1, 0.15) is 5.15 Å². The third kappa shape index (κ3) is 2.63. The molecule has 0 spiro atoms. The summed E-state index contributed by atoms with van der Waals surface area (Å²) in [7, 11) is 0. The Morgan fingerprint density at radius 3 is 3.05 bits per heavy atom. The normalized spacial score (nSPS) is 23.4. The highest BCUT2D eigenvalue weighted by molar-refractivity contribution is 6.34. The van der Waals surface area contributed by atoms with E-state index in [2.05, 4.69) is 15.2 Å². The number of amides is 2. The molecule has 2 fully saturated rings. The molecule has 2 aliphatic rings. The van der Waals surface area contributed by atoms with E-state index in [-0.39, 0.29) is 12.1 Å². The van der Waals surface area contributed by atoms with Gasteiger partial charge < -0.3 is 10.2 Å². The average molecular weight is 301 g/mol. The number of fused-ring (bicyclic) bond motifs is 1. The molecule has 0 radical (unpaired) electrons. The topological polar surface area (TPSA) is 48.5 Å². The molecular weight excluding hydrogens is 287 g/mol. The molecule has 2 amide bonds. The summed E-state index contributed by atoms with van der Waals surface area (Å²) in [6.45, 7) is 3.93. The molecule has 1 unspecified atom stereocenters. The van der Waals surface area contributed by atoms with E-state index in [1.54, 1.807) is 12.3 Å². The monoisotopic (exact) mass is 300 g/mol. The summed E-state index contributed by atoms with van der Waals surface area (Å²) in [5.41, 5.74) is 0.969. The zero-order valence-corrected chi connectivity index (χ0v) is 11.8. The molecule has 1 aromatic heterocycles. The van der Waals surface area contributed by atoms with E-state index in [1.165, 1.54) is 0 Å². The lowest BCUT2D eigenvalue weighted by atomic mass is 10.1. The molecule has 7 heteroatoms. The van der Waals surface area contributed by atoms with Crippen LogP contribution in [0.15, 0.2) is 12.3 Å². The first-order chi connectivity index (χ1) is 9.13. The third-order valence-corrected chi connectivity index (χ3v) is 4.17. The maximum absolute atomic E-state index is 11.5. The number of nitrogens with one attached hydrogen (secondary N) is 1. The molecule has 1 aromatic rings. The van der Waals surface area contributed by atoms with E-state index in [0.717, 1.165) is 38.3 Å². The fourth-order valence-corrected chi connectivity index (χ4v) is 3.03. The number of carbonyl (C=O) groups excluding carboxylic acids is 1. The van der Waals surface area contributed by atoms with Gasteiger partial charge in [0, 0.05) is 49.5 Å². The minimum Gasteiger partial charge on any atom is -0.336 e. The average Bonchev–Trinajstić information content (AvgIpc) is 2.74. The lowest BCUT2D eigenvalue weighted by Gasteiger charge is -2.36. The highest BCUT2D eigenvalue weighted by atomic mass is 35.5. The summed E-state index contributed by atoms with van der Waals surface area (Å²) >= 11 is 11.9. The molecule has 2 saturated heterocycles. The third-order valence-electron chi connectivity index (χ3n) is 3.61. The number of piperazine rings is 1. The summed E-state index contributed by atoms with van der Waals surface area (Å²) in [6, 6.07) is 1.98. The van der Waals surface area contributed by atoms with E-state index in [1.807, 2.05) is 4.90 Å². The number of hydrogen-bond acceptors (Lipinski definition) is 3. The van der Waals surface area contributed by atoms with E-state index in [0.29, 0.717) is 10.2 Å². The summed E-state index contributed by atoms with van der Waals surface area (Å²) in [6.07, 6.45) is 1.72. The van der Waals surface area contributed by atoms with Crippen LogP contribution in [0.1, 0.15) is 5.56 Å². The molecule has 19 heavy (non-hydrogen) atoms. The van der Waals surface area contributed by atoms with Crippen LogP contribution in [-0.2, 0) is 6.54 Å². The van der Waals surface area contributed by atoms with Crippen LogP contribution in [-0.4, -0.2) is 53.0 Å². The second kappa shape index (κ2) is 5.15. The van der Waals surface area contributed by atoms with Gasteiger partial charge in [0.05, 0.1) is 6.04 Å². The van der Waals surface area contributed by atoms with Gasteiger partial charge in [-0.1, -0.05) is 23.2 Å². The van der Waals surface area contributed by atoms with Crippen molar-refractivity contribution in [2.45, 2.75) is 12.6 Å². The van der Waals surface area contributed by atoms with Gasteiger partial charge in [0.15, 0.2) is 0 Å². The number of halogens is 2. The van der Waals surface area contributed by atoms with Crippen LogP contribution in [0, 0.1) is 0 Å². The fraction of sp³-hybridized carbons (Fsp3) is 0.500. The van der Waals surface area contributed by atoms with Gasteiger partial charge in [-0.3, -0.25) is 4.90 Å². The zero-order valence-electron chi connectivity index (χ0n) is 10.3. The summed E-state index contributed by atoms with van der Waals surface area (Å²) < 4.78 is 0. The molecule has 0 bridgehead atoms. The smallest absolute Gasteiger partial charge is 0.317 e. The van der Waals surface area contributed by atoms with Crippen LogP contribution in [0.4, 0.5) is 4.79 Å². The number of carbonyl (C=O) groups is 1. The number of urea groups is 1. The summed E-state index contributed by atoms with van der Waals surface area (Å²) in [5.74, 6) is 0. The molecule has 102 valence electrons. The second-order valence-corrected chi connectivity index (χ2v) is 5.66. The number of nitrogens with zero attached hydrogens (tertiary/aromatic N) is 3. The van der Waals surface area contributed by atoms with Crippen LogP contribution in [0.2, 0.25) is 10.2 Å². The maximum atomic E-state index is 11.5. The molecule has 3 heterocycles. The number of aromatic nitrogens is 1. The first-order valence-corrected chi connectivity index (χ1v) is 6.96. The van der Waals surface area contributed by atoms with Gasteiger partial charge in [-0.2, -0.15) is 0 Å². The van der Waals surface area contributed by atoms with Crippen molar-refractivity contribution < 1.29 is 4.79 Å². The molecular formula is C12H14Cl2N4O. The van der Waals surface area contributed by atoms with Crippen molar-refractivity contribution in [1.29, 1.82) is 0 Å². The second-order valence-electron chi connectivity index (χ2n) is 4.87. The largest absolute Gasteiger partial charge is 0.336 e. The highest BCUT2D eigenvalue weighted by Crippen LogP contribution is 2.22. The number of pyridine rings is 1. The Labute approximate surface area is 121 Å². The first-order valence-electron chi connectivity index (χ1n) is 6.20. The lowest BCUT2D eigenvalue weighted by Crippen LogP contribution is -2.51. The van der Waals surface area contributed by atoms with Gasteiger partial charge >= 0.3 is 6.03 Å². The quantitative estimate of drug-likeness (QED) is 0.844. The van der Waals surface area contributed by atoms with E-state index in [9.17, 15) is 4.79 Å². The minimum absolute atomic E-state index is 0.0517. The Morgan fingerprint density at radius 2 is 2.26 bits per heavy atom. The molecule has 3 rings (SSSR count). The molecule has 0 saturated carbocycles. The molecule has 2 aliphatic heterocycles. The molecule has 0 aromatic carbocycles. The fourth-order valence-electron chi connectivity index (χ4n) is 2.61. The SMILES string of the molecule is O=C1NCC2CN(Cc3cnc(Cl)cc3Cl)CCN12. The van der Waals surface area contributed by atoms with Crippen molar-refractivity contribution in [3.05, 3.63) is 28.0 Å². The molecule has 0 aliphatic carbocycles. The van der Waals surface area contributed by atoms with Crippen LogP contribution in [0.25, 0.3) is 0 Å². The predicted octanol–water partition coefficient (Wildman–Crippen LogP) is 1.60. The Morgan fingerprint density at radius 1 is 1.42 bits per heavy atom. The van der Waals surface area contributed by atoms with Gasteiger partial charge in [-0.25, -0.2) is 9.78 Å². The van der Waals surface area contributed by atoms with Gasteiger partial charge in [0.25, 0.3) is 0 Å². The molecule has 1 N–H and O–H groups in total. The highest BCUT2D eigenvalue weighted by Gasteiger charge is 2.35. The minimum atomic E-state index is 0.0517. The van der Waals surface area contributed by atoms with Crippen LogP contribution >= 0.6 is 23.2 Å². The van der Waals surface area contributed by atoms with Gasteiger partial charge in [0.2, 0.25) is 0 Å². The zero-order chi connectivity index (χ0) is 13.4. The van der Waals surface area contributed by atoms with Gasteiger partial charge in [-0.05, 0) is 6.07 Å². The van der Waals surface area contributed by atoms with Crippen molar-refractivity contribution in [1.82, 2.24) is 20.1 Å². The first kappa shape index (κ1) is 13.0. The standard InChI is InChI=1S/C12H14Cl2N4O/c13-10-3-11(14)15-4-8(10)6-17-1-2-18-9(7-17)5-16-12(18)19/h3-4,9H,1-2,5-7H2,(H,16,19). The van der Waals surface area contributed by atoms with Crippen molar-refractivity contribution in [2.75, 3.05) is 26.2 Å². The van der Waals surface area contributed by atoms with Crippen LogP contribution in [0.5, 0.6) is 0 Å². The van der Waals surface area contributed by atoms with E-state index in [4.69, 9.17) is 23.2 Å². The van der Waals surface area contributed by atoms with Crippen LogP contribution < -0.4 is 5.32 Å². The van der Waals surface area contributed by atoms with Crippen molar-refractivity contribution in [3.63, 3.8) is 0 Å². The molecule has 5 nitrogen and oxygen atoms in total. The maximum Gasteiger partial charge on any atom is 0.317 e. The Balaban J connectivity index is 1.66. The number of hydrogen-bond donors (Lipinski definition) is 1. The number of rotatable bonds is 2. The lowest BCUT2D eigenvalue weighted by molar-refractivity contribution is 0.116. The molecule has 1 atom stereocenters. The van der Waals surface area contributed by atoms with E-state index < -0.39 is 0 Å². The van der Waals surface area contributed by atoms with E-state index >= 15 is 0 Å². The van der Waals surface area contributed by atoms with Crippen LogP contribution in [0.3, 0.4) is 0 Å². The summed E-state index contributed by atoms with van der Waals surface area (Å²) in [4.78, 5) is 19.8. The van der Waals surface area contributed by atoms with Crippen molar-refractivity contribution in [3.8, 4) is 0 Å². The Kier molecular flexibility index (Phi) is 3.52. The predicted molar refractivity (Wildman–Crippen MR) is 73.4 cm³/mol.